The number of hydrogen-bond acceptors (Lipinski definition) is 3. The lowest BCUT2D eigenvalue weighted by molar-refractivity contribution is -0.0645. The SMILES string of the molecule is CC(C)CCS(=O)(=O)NC1CC(O)C1(C)C. The molecule has 1 rings (SSSR count). The average molecular weight is 249 g/mol. The summed E-state index contributed by atoms with van der Waals surface area (Å²) in [6.45, 7) is 7.78. The first-order valence-corrected chi connectivity index (χ1v) is 7.48. The Morgan fingerprint density at radius 1 is 1.44 bits per heavy atom. The predicted octanol–water partition coefficient (Wildman–Crippen LogP) is 1.11. The van der Waals surface area contributed by atoms with Crippen LogP contribution in [-0.4, -0.2) is 31.4 Å². The van der Waals surface area contributed by atoms with Gasteiger partial charge >= 0.3 is 0 Å². The van der Waals surface area contributed by atoms with Gasteiger partial charge in [-0.2, -0.15) is 0 Å². The average Bonchev–Trinajstić information content (AvgIpc) is 2.14. The van der Waals surface area contributed by atoms with Crippen LogP contribution in [0.15, 0.2) is 0 Å². The molecule has 0 aromatic carbocycles. The molecule has 0 bridgehead atoms. The second-order valence-electron chi connectivity index (χ2n) is 5.74. The molecule has 0 amide bonds. The van der Waals surface area contributed by atoms with Crippen molar-refractivity contribution < 1.29 is 13.5 Å². The van der Waals surface area contributed by atoms with Gasteiger partial charge in [0.05, 0.1) is 11.9 Å². The number of nitrogens with one attached hydrogen (secondary N) is 1. The van der Waals surface area contributed by atoms with E-state index in [0.29, 0.717) is 18.8 Å². The fourth-order valence-corrected chi connectivity index (χ4v) is 3.50. The Morgan fingerprint density at radius 2 is 2.00 bits per heavy atom. The van der Waals surface area contributed by atoms with E-state index in [1.807, 2.05) is 27.7 Å². The van der Waals surface area contributed by atoms with Gasteiger partial charge in [0.25, 0.3) is 0 Å². The third-order valence-electron chi connectivity index (χ3n) is 3.50. The lowest BCUT2D eigenvalue weighted by atomic mass is 9.65. The molecule has 96 valence electrons. The van der Waals surface area contributed by atoms with Gasteiger partial charge in [-0.05, 0) is 18.8 Å². The van der Waals surface area contributed by atoms with Gasteiger partial charge in [0.1, 0.15) is 0 Å². The molecule has 0 heterocycles. The highest BCUT2D eigenvalue weighted by Crippen LogP contribution is 2.40. The third kappa shape index (κ3) is 3.18. The first kappa shape index (κ1) is 13.9. The van der Waals surface area contributed by atoms with Crippen LogP contribution in [0.5, 0.6) is 0 Å². The van der Waals surface area contributed by atoms with E-state index in [-0.39, 0.29) is 17.2 Å². The number of aliphatic hydroxyl groups excluding tert-OH is 1. The quantitative estimate of drug-likeness (QED) is 0.767. The molecule has 5 heteroatoms. The number of aliphatic hydroxyl groups is 1. The van der Waals surface area contributed by atoms with Crippen molar-refractivity contribution in [3.05, 3.63) is 0 Å². The summed E-state index contributed by atoms with van der Waals surface area (Å²) in [5.74, 6) is 0.560. The van der Waals surface area contributed by atoms with Crippen LogP contribution in [0.25, 0.3) is 0 Å². The van der Waals surface area contributed by atoms with E-state index in [1.165, 1.54) is 0 Å². The first-order chi connectivity index (χ1) is 7.15. The Kier molecular flexibility index (Phi) is 4.03. The van der Waals surface area contributed by atoms with E-state index in [9.17, 15) is 13.5 Å². The van der Waals surface area contributed by atoms with Crippen LogP contribution in [0.2, 0.25) is 0 Å². The monoisotopic (exact) mass is 249 g/mol. The Labute approximate surface area is 98.5 Å². The maximum absolute atomic E-state index is 11.7. The molecular weight excluding hydrogens is 226 g/mol. The lowest BCUT2D eigenvalue weighted by Crippen LogP contribution is -2.61. The summed E-state index contributed by atoms with van der Waals surface area (Å²) in [6, 6.07) is -0.125. The summed E-state index contributed by atoms with van der Waals surface area (Å²) in [4.78, 5) is 0. The van der Waals surface area contributed by atoms with Crippen LogP contribution in [0.3, 0.4) is 0 Å². The Bertz CT molecular complexity index is 335. The van der Waals surface area contributed by atoms with Crippen LogP contribution in [0.1, 0.15) is 40.5 Å². The van der Waals surface area contributed by atoms with E-state index in [0.717, 1.165) is 0 Å². The van der Waals surface area contributed by atoms with Gasteiger partial charge in [-0.1, -0.05) is 27.7 Å². The zero-order valence-corrected chi connectivity index (χ0v) is 11.3. The van der Waals surface area contributed by atoms with Crippen LogP contribution in [0.4, 0.5) is 0 Å². The van der Waals surface area contributed by atoms with Gasteiger partial charge in [-0.25, -0.2) is 13.1 Å². The Hall–Kier alpha value is -0.130. The molecule has 0 aliphatic heterocycles. The van der Waals surface area contributed by atoms with Gasteiger partial charge in [0.2, 0.25) is 10.0 Å². The molecule has 2 N–H and O–H groups in total. The number of rotatable bonds is 5. The largest absolute Gasteiger partial charge is 0.392 e. The number of sulfonamides is 1. The van der Waals surface area contributed by atoms with Crippen molar-refractivity contribution in [2.45, 2.75) is 52.7 Å². The van der Waals surface area contributed by atoms with Crippen LogP contribution >= 0.6 is 0 Å². The molecule has 1 saturated carbocycles. The molecule has 1 aliphatic rings. The molecular formula is C11H23NO3S. The van der Waals surface area contributed by atoms with Crippen molar-refractivity contribution in [2.24, 2.45) is 11.3 Å². The fraction of sp³-hybridized carbons (Fsp3) is 1.00. The molecule has 0 saturated heterocycles. The van der Waals surface area contributed by atoms with Crippen molar-refractivity contribution in [3.63, 3.8) is 0 Å². The molecule has 16 heavy (non-hydrogen) atoms. The van der Waals surface area contributed by atoms with Crippen LogP contribution < -0.4 is 4.72 Å². The zero-order chi connectivity index (χ0) is 12.6. The fourth-order valence-electron chi connectivity index (χ4n) is 1.77. The normalized spacial score (nSPS) is 29.1. The third-order valence-corrected chi connectivity index (χ3v) is 4.92. The summed E-state index contributed by atoms with van der Waals surface area (Å²) < 4.78 is 26.2. The van der Waals surface area contributed by atoms with Gasteiger partial charge in [-0.3, -0.25) is 0 Å². The van der Waals surface area contributed by atoms with Crippen molar-refractivity contribution in [1.29, 1.82) is 0 Å². The van der Waals surface area contributed by atoms with E-state index < -0.39 is 16.1 Å². The minimum atomic E-state index is -3.19. The van der Waals surface area contributed by atoms with E-state index in [2.05, 4.69) is 4.72 Å². The molecule has 4 nitrogen and oxygen atoms in total. The summed E-state index contributed by atoms with van der Waals surface area (Å²) in [6.07, 6.45) is 0.796. The molecule has 1 fully saturated rings. The van der Waals surface area contributed by atoms with Crippen molar-refractivity contribution in [2.75, 3.05) is 5.75 Å². The highest BCUT2D eigenvalue weighted by molar-refractivity contribution is 7.89. The summed E-state index contributed by atoms with van der Waals surface area (Å²) >= 11 is 0. The van der Waals surface area contributed by atoms with Gasteiger partial charge in [-0.15, -0.1) is 0 Å². The molecule has 0 spiro atoms. The summed E-state index contributed by atoms with van der Waals surface area (Å²) in [5, 5.41) is 9.53. The molecule has 2 atom stereocenters. The highest BCUT2D eigenvalue weighted by atomic mass is 32.2. The van der Waals surface area contributed by atoms with Gasteiger partial charge in [0, 0.05) is 11.5 Å². The van der Waals surface area contributed by atoms with Gasteiger partial charge < -0.3 is 5.11 Å². The summed E-state index contributed by atoms with van der Waals surface area (Å²) in [7, 11) is -3.19. The van der Waals surface area contributed by atoms with E-state index >= 15 is 0 Å². The van der Waals surface area contributed by atoms with Crippen molar-refractivity contribution in [1.82, 2.24) is 4.72 Å². The second-order valence-corrected chi connectivity index (χ2v) is 7.62. The lowest BCUT2D eigenvalue weighted by Gasteiger charge is -2.49. The molecule has 0 radical (unpaired) electrons. The first-order valence-electron chi connectivity index (χ1n) is 5.83. The Morgan fingerprint density at radius 3 is 2.38 bits per heavy atom. The minimum Gasteiger partial charge on any atom is -0.392 e. The van der Waals surface area contributed by atoms with Crippen LogP contribution in [0, 0.1) is 11.3 Å². The molecule has 1 aliphatic carbocycles. The van der Waals surface area contributed by atoms with Crippen molar-refractivity contribution >= 4 is 10.0 Å². The smallest absolute Gasteiger partial charge is 0.211 e. The Balaban J connectivity index is 2.49. The number of hydrogen-bond donors (Lipinski definition) is 2. The summed E-state index contributed by atoms with van der Waals surface area (Å²) in [5.41, 5.74) is -0.342. The molecule has 2 unspecified atom stereocenters. The maximum atomic E-state index is 11.7. The maximum Gasteiger partial charge on any atom is 0.211 e. The van der Waals surface area contributed by atoms with Gasteiger partial charge in [0.15, 0.2) is 0 Å². The van der Waals surface area contributed by atoms with Crippen LogP contribution in [-0.2, 0) is 10.0 Å². The zero-order valence-electron chi connectivity index (χ0n) is 10.5. The topological polar surface area (TPSA) is 66.4 Å². The van der Waals surface area contributed by atoms with E-state index in [1.54, 1.807) is 0 Å². The predicted molar refractivity (Wildman–Crippen MR) is 64.6 cm³/mol. The standard InChI is InChI=1S/C11H23NO3S/c1-8(2)5-6-16(14,15)12-9-7-10(13)11(9,3)4/h8-10,12-13H,5-7H2,1-4H3. The van der Waals surface area contributed by atoms with E-state index in [4.69, 9.17) is 0 Å². The molecule has 0 aromatic rings. The molecule has 0 aromatic heterocycles. The van der Waals surface area contributed by atoms with Crippen molar-refractivity contribution in [3.8, 4) is 0 Å². The minimum absolute atomic E-state index is 0.125. The second kappa shape index (κ2) is 4.63. The highest BCUT2D eigenvalue weighted by Gasteiger charge is 2.48.